The molecule has 0 aliphatic rings. The van der Waals surface area contributed by atoms with Crippen molar-refractivity contribution in [1.29, 1.82) is 0 Å². The van der Waals surface area contributed by atoms with Gasteiger partial charge in [-0.15, -0.1) is 0 Å². The zero-order chi connectivity index (χ0) is 20.4. The normalized spacial score (nSPS) is 9.89. The number of thiocarbonyl (C=S) groups is 1. The number of hydrogen-bond donors (Lipinski definition) is 4. The number of amides is 3. The number of anilines is 1. The van der Waals surface area contributed by atoms with Crippen molar-refractivity contribution in [2.24, 2.45) is 0 Å². The second-order valence-electron chi connectivity index (χ2n) is 5.96. The maximum Gasteiger partial charge on any atom is 0.269 e. The highest BCUT2D eigenvalue weighted by molar-refractivity contribution is 7.80. The minimum Gasteiger partial charge on any atom is -0.322 e. The molecule has 2 aromatic rings. The smallest absolute Gasteiger partial charge is 0.269 e. The number of benzene rings is 2. The van der Waals surface area contributed by atoms with Crippen molar-refractivity contribution in [1.82, 2.24) is 16.2 Å². The molecule has 0 radical (unpaired) electrons. The largest absolute Gasteiger partial charge is 0.322 e. The monoisotopic (exact) mass is 398 g/mol. The molecule has 0 unspecified atom stereocenters. The second kappa shape index (κ2) is 10.8. The molecule has 146 valence electrons. The van der Waals surface area contributed by atoms with Crippen molar-refractivity contribution < 1.29 is 14.4 Å². The summed E-state index contributed by atoms with van der Waals surface area (Å²) in [5.41, 5.74) is 6.38. The van der Waals surface area contributed by atoms with Crippen LogP contribution in [0.25, 0.3) is 0 Å². The second-order valence-corrected chi connectivity index (χ2v) is 6.37. The standard InChI is InChI=1S/C20H22N4O3S/c1-2-3-9-17(25)22-20(28)24-23-19(27)15-10-12-16(13-11-15)21-18(26)14-7-5-4-6-8-14/h4-8,10-13H,2-3,9H2,1H3,(H,21,26)(H,23,27)(H2,22,24,25,28). The Morgan fingerprint density at radius 1 is 0.857 bits per heavy atom. The average Bonchev–Trinajstić information content (AvgIpc) is 2.71. The van der Waals surface area contributed by atoms with Gasteiger partial charge in [0.25, 0.3) is 11.8 Å². The number of hydrogen-bond acceptors (Lipinski definition) is 4. The first-order chi connectivity index (χ1) is 13.5. The summed E-state index contributed by atoms with van der Waals surface area (Å²) in [7, 11) is 0. The van der Waals surface area contributed by atoms with Gasteiger partial charge in [-0.2, -0.15) is 0 Å². The molecule has 7 nitrogen and oxygen atoms in total. The van der Waals surface area contributed by atoms with Gasteiger partial charge in [0.1, 0.15) is 0 Å². The zero-order valence-electron chi connectivity index (χ0n) is 15.5. The summed E-state index contributed by atoms with van der Waals surface area (Å²) in [6, 6.07) is 15.2. The topological polar surface area (TPSA) is 99.3 Å². The Morgan fingerprint density at radius 3 is 2.14 bits per heavy atom. The molecule has 0 fully saturated rings. The molecular formula is C20H22N4O3S. The molecule has 0 spiro atoms. The van der Waals surface area contributed by atoms with Crippen LogP contribution in [-0.2, 0) is 4.79 Å². The SMILES string of the molecule is CCCCC(=O)NC(=S)NNC(=O)c1ccc(NC(=O)c2ccccc2)cc1. The van der Waals surface area contributed by atoms with Crippen molar-refractivity contribution in [2.75, 3.05) is 5.32 Å². The number of carbonyl (C=O) groups excluding carboxylic acids is 3. The first-order valence-corrected chi connectivity index (χ1v) is 9.27. The van der Waals surface area contributed by atoms with Gasteiger partial charge in [0.05, 0.1) is 0 Å². The summed E-state index contributed by atoms with van der Waals surface area (Å²) < 4.78 is 0. The van der Waals surface area contributed by atoms with Gasteiger partial charge in [0, 0.05) is 23.2 Å². The van der Waals surface area contributed by atoms with Crippen LogP contribution in [-0.4, -0.2) is 22.8 Å². The van der Waals surface area contributed by atoms with Crippen molar-refractivity contribution in [3.63, 3.8) is 0 Å². The quantitative estimate of drug-likeness (QED) is 0.443. The van der Waals surface area contributed by atoms with Gasteiger partial charge in [-0.3, -0.25) is 25.2 Å². The Morgan fingerprint density at radius 2 is 1.50 bits per heavy atom. The van der Waals surface area contributed by atoms with E-state index in [-0.39, 0.29) is 16.9 Å². The van der Waals surface area contributed by atoms with E-state index in [9.17, 15) is 14.4 Å². The summed E-state index contributed by atoms with van der Waals surface area (Å²) in [5, 5.41) is 5.27. The molecule has 0 heterocycles. The van der Waals surface area contributed by atoms with Gasteiger partial charge < -0.3 is 10.6 Å². The fourth-order valence-corrected chi connectivity index (χ4v) is 2.41. The van der Waals surface area contributed by atoms with E-state index >= 15 is 0 Å². The van der Waals surface area contributed by atoms with Gasteiger partial charge >= 0.3 is 0 Å². The lowest BCUT2D eigenvalue weighted by Crippen LogP contribution is -2.48. The van der Waals surface area contributed by atoms with E-state index in [1.165, 1.54) is 0 Å². The molecular weight excluding hydrogens is 376 g/mol. The molecule has 2 rings (SSSR count). The summed E-state index contributed by atoms with van der Waals surface area (Å²) in [6.07, 6.45) is 2.06. The Balaban J connectivity index is 1.82. The zero-order valence-corrected chi connectivity index (χ0v) is 16.3. The lowest BCUT2D eigenvalue weighted by atomic mass is 10.2. The fraction of sp³-hybridized carbons (Fsp3) is 0.200. The third-order valence-electron chi connectivity index (χ3n) is 3.74. The molecule has 8 heteroatoms. The van der Waals surface area contributed by atoms with E-state index in [2.05, 4.69) is 21.5 Å². The Bertz CT molecular complexity index is 838. The van der Waals surface area contributed by atoms with Crippen LogP contribution in [0, 0.1) is 0 Å². The van der Waals surface area contributed by atoms with Crippen LogP contribution in [0.15, 0.2) is 54.6 Å². The third-order valence-corrected chi connectivity index (χ3v) is 3.94. The maximum atomic E-state index is 12.1. The molecule has 2 aromatic carbocycles. The number of nitrogens with one attached hydrogen (secondary N) is 4. The lowest BCUT2D eigenvalue weighted by Gasteiger charge is -2.11. The Hall–Kier alpha value is -3.26. The molecule has 3 amide bonds. The molecule has 0 aromatic heterocycles. The summed E-state index contributed by atoms with van der Waals surface area (Å²) in [5.74, 6) is -0.859. The first-order valence-electron chi connectivity index (χ1n) is 8.86. The van der Waals surface area contributed by atoms with E-state index in [1.54, 1.807) is 48.5 Å². The van der Waals surface area contributed by atoms with Crippen LogP contribution in [0.4, 0.5) is 5.69 Å². The summed E-state index contributed by atoms with van der Waals surface area (Å²) >= 11 is 4.96. The molecule has 0 aliphatic carbocycles. The van der Waals surface area contributed by atoms with Crippen LogP contribution in [0.2, 0.25) is 0 Å². The molecule has 0 aliphatic heterocycles. The van der Waals surface area contributed by atoms with Crippen LogP contribution >= 0.6 is 12.2 Å². The minimum absolute atomic E-state index is 0.0289. The average molecular weight is 398 g/mol. The number of rotatable bonds is 6. The summed E-state index contributed by atoms with van der Waals surface area (Å²) in [6.45, 7) is 1.99. The van der Waals surface area contributed by atoms with Crippen LogP contribution < -0.4 is 21.5 Å². The Labute approximate surface area is 168 Å². The number of hydrazine groups is 1. The summed E-state index contributed by atoms with van der Waals surface area (Å²) in [4.78, 5) is 35.8. The van der Waals surface area contributed by atoms with Crippen LogP contribution in [0.3, 0.4) is 0 Å². The van der Waals surface area contributed by atoms with Crippen molar-refractivity contribution in [2.45, 2.75) is 26.2 Å². The van der Waals surface area contributed by atoms with Crippen LogP contribution in [0.1, 0.15) is 46.9 Å². The number of carbonyl (C=O) groups is 3. The first kappa shape index (κ1) is 21.0. The predicted octanol–water partition coefficient (Wildman–Crippen LogP) is 2.76. The lowest BCUT2D eigenvalue weighted by molar-refractivity contribution is -0.119. The minimum atomic E-state index is -0.425. The van der Waals surface area contributed by atoms with Crippen molar-refractivity contribution in [3.8, 4) is 0 Å². The molecule has 4 N–H and O–H groups in total. The van der Waals surface area contributed by atoms with Crippen molar-refractivity contribution in [3.05, 3.63) is 65.7 Å². The van der Waals surface area contributed by atoms with Gasteiger partial charge in [-0.25, -0.2) is 0 Å². The van der Waals surface area contributed by atoms with Gasteiger partial charge in [0.2, 0.25) is 5.91 Å². The molecule has 0 atom stereocenters. The highest BCUT2D eigenvalue weighted by Crippen LogP contribution is 2.11. The third kappa shape index (κ3) is 6.81. The molecule has 0 bridgehead atoms. The van der Waals surface area contributed by atoms with E-state index < -0.39 is 5.91 Å². The van der Waals surface area contributed by atoms with E-state index in [4.69, 9.17) is 12.2 Å². The van der Waals surface area contributed by atoms with Crippen molar-refractivity contribution >= 4 is 40.7 Å². The predicted molar refractivity (Wildman–Crippen MR) is 112 cm³/mol. The fourth-order valence-electron chi connectivity index (χ4n) is 2.24. The Kier molecular flexibility index (Phi) is 8.11. The van der Waals surface area contributed by atoms with Gasteiger partial charge in [0.15, 0.2) is 5.11 Å². The maximum absolute atomic E-state index is 12.1. The highest BCUT2D eigenvalue weighted by Gasteiger charge is 2.09. The van der Waals surface area contributed by atoms with E-state index in [1.807, 2.05) is 13.0 Å². The van der Waals surface area contributed by atoms with Crippen LogP contribution in [0.5, 0.6) is 0 Å². The molecule has 0 saturated heterocycles. The highest BCUT2D eigenvalue weighted by atomic mass is 32.1. The van der Waals surface area contributed by atoms with E-state index in [0.717, 1.165) is 12.8 Å². The molecule has 28 heavy (non-hydrogen) atoms. The number of unbranched alkanes of at least 4 members (excludes halogenated alkanes) is 1. The van der Waals surface area contributed by atoms with Gasteiger partial charge in [-0.1, -0.05) is 31.5 Å². The molecule has 0 saturated carbocycles. The van der Waals surface area contributed by atoms with Gasteiger partial charge in [-0.05, 0) is 55.0 Å². The van der Waals surface area contributed by atoms with E-state index in [0.29, 0.717) is 23.2 Å².